The number of benzene rings is 2. The van der Waals surface area contributed by atoms with E-state index < -0.39 is 0 Å². The molecule has 26 heavy (non-hydrogen) atoms. The quantitative estimate of drug-likeness (QED) is 0.653. The van der Waals surface area contributed by atoms with Crippen molar-refractivity contribution in [1.82, 2.24) is 14.8 Å². The molecule has 0 fully saturated rings. The average Bonchev–Trinajstić information content (AvgIpc) is 2.95. The average molecular weight is 387 g/mol. The van der Waals surface area contributed by atoms with Crippen LogP contribution in [-0.4, -0.2) is 25.9 Å². The van der Waals surface area contributed by atoms with Crippen molar-refractivity contribution in [3.05, 3.63) is 59.1 Å². The second-order valence-corrected chi connectivity index (χ2v) is 7.74. The van der Waals surface area contributed by atoms with Gasteiger partial charge in [-0.25, -0.2) is 0 Å². The number of nitrogens with one attached hydrogen (secondary N) is 1. The fourth-order valence-corrected chi connectivity index (χ4v) is 3.48. The summed E-state index contributed by atoms with van der Waals surface area (Å²) in [6, 6.07) is 15.2. The summed E-state index contributed by atoms with van der Waals surface area (Å²) in [5.74, 6) is 0.663. The van der Waals surface area contributed by atoms with Crippen LogP contribution in [-0.2, 0) is 11.8 Å². The number of anilines is 1. The number of rotatable bonds is 5. The van der Waals surface area contributed by atoms with E-state index in [1.54, 1.807) is 24.3 Å². The van der Waals surface area contributed by atoms with Crippen LogP contribution in [0.5, 0.6) is 0 Å². The number of aryl methyl sites for hydroxylation is 1. The lowest BCUT2D eigenvalue weighted by Crippen LogP contribution is -2.22. The third kappa shape index (κ3) is 4.26. The van der Waals surface area contributed by atoms with E-state index in [4.69, 9.17) is 11.6 Å². The van der Waals surface area contributed by atoms with Gasteiger partial charge in [0.25, 0.3) is 0 Å². The topological polar surface area (TPSA) is 59.8 Å². The first-order valence-corrected chi connectivity index (χ1v) is 9.39. The number of thioether (sulfide) groups is 1. The molecule has 134 valence electrons. The Bertz CT molecular complexity index is 941. The van der Waals surface area contributed by atoms with Crippen molar-refractivity contribution in [2.75, 3.05) is 5.32 Å². The molecule has 1 amide bonds. The summed E-state index contributed by atoms with van der Waals surface area (Å²) in [7, 11) is 1.90. The molecule has 0 aliphatic heterocycles. The highest BCUT2D eigenvalue weighted by atomic mass is 35.5. The molecule has 0 aliphatic rings. The van der Waals surface area contributed by atoms with Crippen molar-refractivity contribution in [1.29, 1.82) is 0 Å². The molecule has 0 spiro atoms. The van der Waals surface area contributed by atoms with Crippen molar-refractivity contribution in [2.45, 2.75) is 24.3 Å². The number of hydrogen-bond donors (Lipinski definition) is 1. The molecular weight excluding hydrogens is 368 g/mol. The molecule has 3 rings (SSSR count). The van der Waals surface area contributed by atoms with Gasteiger partial charge in [0.05, 0.1) is 5.25 Å². The highest BCUT2D eigenvalue weighted by Gasteiger charge is 2.19. The van der Waals surface area contributed by atoms with Gasteiger partial charge < -0.3 is 9.88 Å². The largest absolute Gasteiger partial charge is 0.325 e. The SMILES string of the molecule is Cc1cccc(-c2nnc(S[C@@H](C)C(=O)Nc3cccc(Cl)c3)n2C)c1. The van der Waals surface area contributed by atoms with Crippen molar-refractivity contribution in [2.24, 2.45) is 7.05 Å². The van der Waals surface area contributed by atoms with E-state index in [2.05, 4.69) is 21.6 Å². The number of carbonyl (C=O) groups is 1. The lowest BCUT2D eigenvalue weighted by Gasteiger charge is -2.12. The van der Waals surface area contributed by atoms with Gasteiger partial charge in [-0.3, -0.25) is 4.79 Å². The second-order valence-electron chi connectivity index (χ2n) is 5.99. The van der Waals surface area contributed by atoms with Gasteiger partial charge in [-0.2, -0.15) is 0 Å². The second kappa shape index (κ2) is 7.93. The van der Waals surface area contributed by atoms with Gasteiger partial charge in [0.1, 0.15) is 0 Å². The number of aromatic nitrogens is 3. The Morgan fingerprint density at radius 2 is 1.96 bits per heavy atom. The van der Waals surface area contributed by atoms with Gasteiger partial charge in [0.15, 0.2) is 11.0 Å². The summed E-state index contributed by atoms with van der Waals surface area (Å²) in [5.41, 5.74) is 2.84. The van der Waals surface area contributed by atoms with Gasteiger partial charge in [-0.15, -0.1) is 10.2 Å². The van der Waals surface area contributed by atoms with E-state index in [9.17, 15) is 4.79 Å². The molecule has 0 saturated heterocycles. The number of hydrogen-bond acceptors (Lipinski definition) is 4. The van der Waals surface area contributed by atoms with Crippen LogP contribution in [0.4, 0.5) is 5.69 Å². The lowest BCUT2D eigenvalue weighted by atomic mass is 10.1. The molecule has 1 heterocycles. The summed E-state index contributed by atoms with van der Waals surface area (Å²) in [6.07, 6.45) is 0. The van der Waals surface area contributed by atoms with Crippen LogP contribution in [0.3, 0.4) is 0 Å². The van der Waals surface area contributed by atoms with Crippen LogP contribution in [0.15, 0.2) is 53.7 Å². The summed E-state index contributed by atoms with van der Waals surface area (Å²) < 4.78 is 1.91. The van der Waals surface area contributed by atoms with Crippen LogP contribution >= 0.6 is 23.4 Å². The first-order chi connectivity index (χ1) is 12.4. The van der Waals surface area contributed by atoms with Crippen LogP contribution in [0.2, 0.25) is 5.02 Å². The smallest absolute Gasteiger partial charge is 0.237 e. The zero-order valence-corrected chi connectivity index (χ0v) is 16.3. The third-order valence-corrected chi connectivity index (χ3v) is 5.22. The highest BCUT2D eigenvalue weighted by Crippen LogP contribution is 2.27. The first-order valence-electron chi connectivity index (χ1n) is 8.13. The third-order valence-electron chi connectivity index (χ3n) is 3.85. The van der Waals surface area contributed by atoms with E-state index in [1.807, 2.05) is 43.7 Å². The summed E-state index contributed by atoms with van der Waals surface area (Å²) in [6.45, 7) is 3.88. The predicted molar refractivity (Wildman–Crippen MR) is 107 cm³/mol. The molecule has 5 nitrogen and oxygen atoms in total. The van der Waals surface area contributed by atoms with Gasteiger partial charge in [-0.1, -0.05) is 53.2 Å². The fourth-order valence-electron chi connectivity index (χ4n) is 2.47. The Morgan fingerprint density at radius 1 is 1.19 bits per heavy atom. The predicted octanol–water partition coefficient (Wildman–Crippen LogP) is 4.56. The van der Waals surface area contributed by atoms with E-state index in [1.165, 1.54) is 11.8 Å². The Kier molecular flexibility index (Phi) is 5.64. The molecule has 0 radical (unpaired) electrons. The molecule has 1 N–H and O–H groups in total. The van der Waals surface area contributed by atoms with Crippen LogP contribution in [0, 0.1) is 6.92 Å². The lowest BCUT2D eigenvalue weighted by molar-refractivity contribution is -0.115. The molecule has 0 aliphatic carbocycles. The minimum Gasteiger partial charge on any atom is -0.325 e. The summed E-state index contributed by atoms with van der Waals surface area (Å²) >= 11 is 7.32. The van der Waals surface area contributed by atoms with Gasteiger partial charge in [-0.05, 0) is 38.1 Å². The molecule has 2 aromatic carbocycles. The van der Waals surface area contributed by atoms with Crippen molar-refractivity contribution >= 4 is 35.0 Å². The van der Waals surface area contributed by atoms with Crippen LogP contribution < -0.4 is 5.32 Å². The zero-order chi connectivity index (χ0) is 18.7. The normalized spacial score (nSPS) is 12.0. The fraction of sp³-hybridized carbons (Fsp3) is 0.211. The maximum absolute atomic E-state index is 12.4. The number of halogens is 1. The Morgan fingerprint density at radius 3 is 2.69 bits per heavy atom. The van der Waals surface area contributed by atoms with Gasteiger partial charge >= 0.3 is 0 Å². The van der Waals surface area contributed by atoms with Gasteiger partial charge in [0, 0.05) is 23.3 Å². The molecule has 3 aromatic rings. The van der Waals surface area contributed by atoms with E-state index in [0.29, 0.717) is 15.9 Å². The van der Waals surface area contributed by atoms with E-state index >= 15 is 0 Å². The maximum atomic E-state index is 12.4. The van der Waals surface area contributed by atoms with Crippen molar-refractivity contribution < 1.29 is 4.79 Å². The Labute approximate surface area is 161 Å². The molecule has 0 unspecified atom stereocenters. The Hall–Kier alpha value is -2.31. The monoisotopic (exact) mass is 386 g/mol. The summed E-state index contributed by atoms with van der Waals surface area (Å²) in [4.78, 5) is 12.4. The maximum Gasteiger partial charge on any atom is 0.237 e. The highest BCUT2D eigenvalue weighted by molar-refractivity contribution is 8.00. The summed E-state index contributed by atoms with van der Waals surface area (Å²) in [5, 5.41) is 12.3. The Balaban J connectivity index is 1.71. The van der Waals surface area contributed by atoms with Crippen molar-refractivity contribution in [3.63, 3.8) is 0 Å². The zero-order valence-electron chi connectivity index (χ0n) is 14.7. The van der Waals surface area contributed by atoms with Crippen LogP contribution in [0.1, 0.15) is 12.5 Å². The number of carbonyl (C=O) groups excluding carboxylic acids is 1. The minimum atomic E-state index is -0.331. The first kappa shape index (κ1) is 18.5. The van der Waals surface area contributed by atoms with E-state index in [-0.39, 0.29) is 11.2 Å². The number of nitrogens with zero attached hydrogens (tertiary/aromatic N) is 3. The van der Waals surface area contributed by atoms with Gasteiger partial charge in [0.2, 0.25) is 5.91 Å². The molecule has 0 saturated carbocycles. The van der Waals surface area contributed by atoms with Crippen molar-refractivity contribution in [3.8, 4) is 11.4 Å². The van der Waals surface area contributed by atoms with E-state index in [0.717, 1.165) is 17.0 Å². The number of amides is 1. The van der Waals surface area contributed by atoms with Crippen LogP contribution in [0.25, 0.3) is 11.4 Å². The minimum absolute atomic E-state index is 0.114. The molecule has 7 heteroatoms. The molecule has 0 bridgehead atoms. The molecule has 1 aromatic heterocycles. The molecular formula is C19H19ClN4OS. The standard InChI is InChI=1S/C19H19ClN4OS/c1-12-6-4-7-14(10-12)17-22-23-19(24(17)3)26-13(2)18(25)21-16-9-5-8-15(20)11-16/h4-11,13H,1-3H3,(H,21,25)/t13-/m0/s1. The molecule has 1 atom stereocenters.